The monoisotopic (exact) mass is 345 g/mol. The molecule has 6 heteroatoms. The van der Waals surface area contributed by atoms with E-state index in [0.29, 0.717) is 29.8 Å². The molecule has 0 unspecified atom stereocenters. The third-order valence-corrected chi connectivity index (χ3v) is 4.77. The molecule has 0 amide bonds. The van der Waals surface area contributed by atoms with Gasteiger partial charge in [-0.2, -0.15) is 5.26 Å². The summed E-state index contributed by atoms with van der Waals surface area (Å²) in [5.74, 6) is 1.64. The topological polar surface area (TPSA) is 78.8 Å². The number of aromatic nitrogens is 3. The molecule has 1 aliphatic heterocycles. The lowest BCUT2D eigenvalue weighted by Crippen LogP contribution is -2.34. The molecule has 0 saturated carbocycles. The maximum Gasteiger partial charge on any atom is 0.247 e. The molecule has 0 aliphatic carbocycles. The van der Waals surface area contributed by atoms with Crippen LogP contribution in [-0.4, -0.2) is 33.2 Å². The van der Waals surface area contributed by atoms with E-state index in [4.69, 9.17) is 9.68 Å². The van der Waals surface area contributed by atoms with Crippen LogP contribution in [0, 0.1) is 11.3 Å². The minimum absolute atomic E-state index is 0.493. The third kappa shape index (κ3) is 3.63. The van der Waals surface area contributed by atoms with Crippen LogP contribution in [0.15, 0.2) is 53.2 Å². The van der Waals surface area contributed by atoms with Gasteiger partial charge in [0, 0.05) is 24.5 Å². The molecule has 1 saturated heterocycles. The number of hydrogen-bond acceptors (Lipinski definition) is 6. The van der Waals surface area contributed by atoms with Crippen molar-refractivity contribution in [2.24, 2.45) is 0 Å². The van der Waals surface area contributed by atoms with Crippen LogP contribution in [0.25, 0.3) is 11.5 Å². The highest BCUT2D eigenvalue weighted by Crippen LogP contribution is 2.27. The Bertz CT molecular complexity index is 898. The smallest absolute Gasteiger partial charge is 0.247 e. The normalized spacial score (nSPS) is 17.7. The molecule has 1 aliphatic rings. The van der Waals surface area contributed by atoms with E-state index < -0.39 is 0 Å². The molecule has 130 valence electrons. The molecule has 1 fully saturated rings. The van der Waals surface area contributed by atoms with Crippen molar-refractivity contribution >= 4 is 0 Å². The van der Waals surface area contributed by atoms with Gasteiger partial charge in [0.05, 0.1) is 18.2 Å². The predicted octanol–water partition coefficient (Wildman–Crippen LogP) is 3.38. The molecule has 1 aromatic carbocycles. The van der Waals surface area contributed by atoms with Gasteiger partial charge < -0.3 is 4.42 Å². The van der Waals surface area contributed by atoms with Crippen molar-refractivity contribution in [2.75, 3.05) is 13.1 Å². The van der Waals surface area contributed by atoms with Crippen LogP contribution in [-0.2, 0) is 6.54 Å². The Morgan fingerprint density at radius 3 is 2.69 bits per heavy atom. The number of nitrogens with zero attached hydrogens (tertiary/aromatic N) is 5. The quantitative estimate of drug-likeness (QED) is 0.721. The molecule has 0 bridgehead atoms. The Balaban J connectivity index is 1.43. The first-order chi connectivity index (χ1) is 12.8. The minimum atomic E-state index is 0.493. The number of hydrogen-bond donors (Lipinski definition) is 0. The molecule has 4 rings (SSSR count). The molecule has 26 heavy (non-hydrogen) atoms. The van der Waals surface area contributed by atoms with Gasteiger partial charge in [-0.15, -0.1) is 10.2 Å². The molecule has 1 atom stereocenters. The minimum Gasteiger partial charge on any atom is -0.419 e. The maximum absolute atomic E-state index is 8.88. The number of likely N-dealkylation sites (tertiary alicyclic amines) is 1. The largest absolute Gasteiger partial charge is 0.419 e. The van der Waals surface area contributed by atoms with E-state index in [2.05, 4.69) is 38.3 Å². The zero-order valence-electron chi connectivity index (χ0n) is 14.4. The SMILES string of the molecule is N#Cc1ccc(-c2nnc(CN3CCC[C@@H](c4ccncc4)C3)o2)cc1. The summed E-state index contributed by atoms with van der Waals surface area (Å²) in [6.45, 7) is 2.68. The van der Waals surface area contributed by atoms with Crippen molar-refractivity contribution in [2.45, 2.75) is 25.3 Å². The molecule has 3 aromatic rings. The zero-order chi connectivity index (χ0) is 17.8. The molecule has 3 heterocycles. The lowest BCUT2D eigenvalue weighted by molar-refractivity contribution is 0.184. The van der Waals surface area contributed by atoms with Gasteiger partial charge in [0.15, 0.2) is 0 Å². The van der Waals surface area contributed by atoms with Gasteiger partial charge in [0.2, 0.25) is 11.8 Å². The molecule has 0 radical (unpaired) electrons. The number of benzene rings is 1. The number of nitriles is 1. The summed E-state index contributed by atoms with van der Waals surface area (Å²) < 4.78 is 5.83. The predicted molar refractivity (Wildman–Crippen MR) is 95.9 cm³/mol. The summed E-state index contributed by atoms with van der Waals surface area (Å²) in [6, 6.07) is 13.5. The van der Waals surface area contributed by atoms with E-state index in [1.54, 1.807) is 12.1 Å². The summed E-state index contributed by atoms with van der Waals surface area (Å²) in [4.78, 5) is 6.47. The fraction of sp³-hybridized carbons (Fsp3) is 0.300. The van der Waals surface area contributed by atoms with E-state index >= 15 is 0 Å². The summed E-state index contributed by atoms with van der Waals surface area (Å²) in [5.41, 5.74) is 2.79. The Kier molecular flexibility index (Phi) is 4.71. The second-order valence-electron chi connectivity index (χ2n) is 6.54. The standard InChI is InChI=1S/C20H19N5O/c21-12-15-3-5-17(6-4-15)20-24-23-19(26-20)14-25-11-1-2-18(13-25)16-7-9-22-10-8-16/h3-10,18H,1-2,11,13-14H2/t18-/m1/s1. The van der Waals surface area contributed by atoms with Crippen LogP contribution in [0.5, 0.6) is 0 Å². The van der Waals surface area contributed by atoms with Crippen molar-refractivity contribution in [3.8, 4) is 17.5 Å². The average Bonchev–Trinajstić information content (AvgIpc) is 3.17. The van der Waals surface area contributed by atoms with Crippen LogP contribution < -0.4 is 0 Å². The van der Waals surface area contributed by atoms with Crippen LogP contribution in [0.3, 0.4) is 0 Å². The van der Waals surface area contributed by atoms with Gasteiger partial charge >= 0.3 is 0 Å². The van der Waals surface area contributed by atoms with Gasteiger partial charge in [-0.25, -0.2) is 0 Å². The van der Waals surface area contributed by atoms with Gasteiger partial charge in [-0.05, 0) is 67.3 Å². The first-order valence-electron chi connectivity index (χ1n) is 8.77. The van der Waals surface area contributed by atoms with E-state index in [1.165, 1.54) is 12.0 Å². The number of pyridine rings is 1. The Morgan fingerprint density at radius 1 is 1.12 bits per heavy atom. The molecule has 0 N–H and O–H groups in total. The second kappa shape index (κ2) is 7.46. The van der Waals surface area contributed by atoms with Gasteiger partial charge in [0.25, 0.3) is 0 Å². The fourth-order valence-corrected chi connectivity index (χ4v) is 3.42. The van der Waals surface area contributed by atoms with Crippen molar-refractivity contribution < 1.29 is 4.42 Å². The zero-order valence-corrected chi connectivity index (χ0v) is 14.4. The first kappa shape index (κ1) is 16.4. The van der Waals surface area contributed by atoms with Crippen molar-refractivity contribution in [1.29, 1.82) is 5.26 Å². The number of piperidine rings is 1. The van der Waals surface area contributed by atoms with E-state index in [-0.39, 0.29) is 0 Å². The summed E-state index contributed by atoms with van der Waals surface area (Å²) in [6.07, 6.45) is 6.07. The number of rotatable bonds is 4. The first-order valence-corrected chi connectivity index (χ1v) is 8.77. The van der Waals surface area contributed by atoms with Crippen LogP contribution in [0.4, 0.5) is 0 Å². The van der Waals surface area contributed by atoms with Crippen molar-refractivity contribution in [3.63, 3.8) is 0 Å². The Hall–Kier alpha value is -3.04. The lowest BCUT2D eigenvalue weighted by Gasteiger charge is -2.31. The van der Waals surface area contributed by atoms with Gasteiger partial charge in [-0.1, -0.05) is 0 Å². The Labute approximate surface area is 152 Å². The Morgan fingerprint density at radius 2 is 1.92 bits per heavy atom. The summed E-state index contributed by atoms with van der Waals surface area (Å²) >= 11 is 0. The van der Waals surface area contributed by atoms with Crippen LogP contribution >= 0.6 is 0 Å². The molecule has 0 spiro atoms. The molecule has 2 aromatic heterocycles. The molecular weight excluding hydrogens is 326 g/mol. The van der Waals surface area contributed by atoms with E-state index in [9.17, 15) is 0 Å². The van der Waals surface area contributed by atoms with Gasteiger partial charge in [-0.3, -0.25) is 9.88 Å². The summed E-state index contributed by atoms with van der Waals surface area (Å²) in [7, 11) is 0. The van der Waals surface area contributed by atoms with Crippen molar-refractivity contribution in [3.05, 3.63) is 65.8 Å². The van der Waals surface area contributed by atoms with E-state index in [0.717, 1.165) is 25.1 Å². The molecular formula is C20H19N5O. The van der Waals surface area contributed by atoms with Crippen LogP contribution in [0.1, 0.15) is 35.8 Å². The highest BCUT2D eigenvalue weighted by molar-refractivity contribution is 5.54. The second-order valence-corrected chi connectivity index (χ2v) is 6.54. The van der Waals surface area contributed by atoms with Crippen LogP contribution in [0.2, 0.25) is 0 Å². The van der Waals surface area contributed by atoms with E-state index in [1.807, 2.05) is 24.5 Å². The average molecular weight is 345 g/mol. The molecule has 6 nitrogen and oxygen atoms in total. The van der Waals surface area contributed by atoms with Gasteiger partial charge in [0.1, 0.15) is 0 Å². The highest BCUT2D eigenvalue weighted by atomic mass is 16.4. The lowest BCUT2D eigenvalue weighted by atomic mass is 9.91. The maximum atomic E-state index is 8.88. The highest BCUT2D eigenvalue weighted by Gasteiger charge is 2.23. The van der Waals surface area contributed by atoms with Crippen molar-refractivity contribution in [1.82, 2.24) is 20.1 Å². The summed E-state index contributed by atoms with van der Waals surface area (Å²) in [5, 5.41) is 17.2. The fourth-order valence-electron chi connectivity index (χ4n) is 3.42. The third-order valence-electron chi connectivity index (χ3n) is 4.77.